The van der Waals surface area contributed by atoms with E-state index in [9.17, 15) is 18.5 Å². The zero-order valence-corrected chi connectivity index (χ0v) is 19.0. The van der Waals surface area contributed by atoms with Crippen molar-refractivity contribution in [3.63, 3.8) is 0 Å². The van der Waals surface area contributed by atoms with E-state index in [1.807, 2.05) is 5.32 Å². The molecule has 8 nitrogen and oxygen atoms in total. The molecule has 0 radical (unpaired) electrons. The van der Waals surface area contributed by atoms with Crippen molar-refractivity contribution < 1.29 is 23.2 Å². The summed E-state index contributed by atoms with van der Waals surface area (Å²) < 4.78 is 35.0. The van der Waals surface area contributed by atoms with Crippen LogP contribution in [0.2, 0.25) is 5.02 Å². The molecule has 0 aliphatic carbocycles. The van der Waals surface area contributed by atoms with Gasteiger partial charge in [0, 0.05) is 31.1 Å². The molecule has 4 aromatic rings. The number of benzene rings is 2. The molecule has 2 aromatic heterocycles. The topological polar surface area (TPSA) is 89.4 Å². The Labute approximate surface area is 203 Å². The molecule has 0 unspecified atom stereocenters. The molecule has 1 N–H and O–H groups in total. The SMILES string of the molecule is Cn1cc(-c2cc(Oc3ccc(N(F)C(=O)NC(=O)Cc4ccc(F)cc4)cc3Cl)ccn2)cn1. The molecule has 0 atom stereocenters. The molecule has 0 saturated carbocycles. The van der Waals surface area contributed by atoms with Crippen LogP contribution in [0.25, 0.3) is 11.3 Å². The Morgan fingerprint density at radius 1 is 1.14 bits per heavy atom. The van der Waals surface area contributed by atoms with Gasteiger partial charge >= 0.3 is 6.03 Å². The van der Waals surface area contributed by atoms with Gasteiger partial charge in [-0.15, -0.1) is 5.12 Å². The quantitative estimate of drug-likeness (QED) is 0.368. The molecule has 11 heteroatoms. The summed E-state index contributed by atoms with van der Waals surface area (Å²) in [6.07, 6.45) is 4.81. The maximum Gasteiger partial charge on any atom is 0.356 e. The first-order valence-corrected chi connectivity index (χ1v) is 10.6. The highest BCUT2D eigenvalue weighted by Gasteiger charge is 2.20. The van der Waals surface area contributed by atoms with Crippen LogP contribution < -0.4 is 15.2 Å². The maximum atomic E-state index is 14.6. The zero-order chi connectivity index (χ0) is 24.9. The van der Waals surface area contributed by atoms with Crippen molar-refractivity contribution in [3.05, 3.63) is 89.6 Å². The molecule has 0 spiro atoms. The van der Waals surface area contributed by atoms with E-state index in [0.717, 1.165) is 5.56 Å². The number of aryl methyl sites for hydroxylation is 1. The number of amides is 3. The number of nitrogens with zero attached hydrogens (tertiary/aromatic N) is 4. The predicted octanol–water partition coefficient (Wildman–Crippen LogP) is 5.24. The van der Waals surface area contributed by atoms with E-state index in [4.69, 9.17) is 16.3 Å². The number of ether oxygens (including phenoxy) is 1. The highest BCUT2D eigenvalue weighted by Crippen LogP contribution is 2.34. The fourth-order valence-corrected chi connectivity index (χ4v) is 3.34. The third-order valence-electron chi connectivity index (χ3n) is 4.80. The minimum Gasteiger partial charge on any atom is -0.456 e. The van der Waals surface area contributed by atoms with Crippen molar-refractivity contribution in [1.82, 2.24) is 20.1 Å². The van der Waals surface area contributed by atoms with Gasteiger partial charge in [0.2, 0.25) is 5.91 Å². The summed E-state index contributed by atoms with van der Waals surface area (Å²) in [6, 6.07) is 11.0. The minimum atomic E-state index is -1.29. The molecule has 178 valence electrons. The summed E-state index contributed by atoms with van der Waals surface area (Å²) in [7, 11) is 1.79. The minimum absolute atomic E-state index is 0.0373. The van der Waals surface area contributed by atoms with Gasteiger partial charge < -0.3 is 4.74 Å². The molecule has 2 heterocycles. The number of aromatic nitrogens is 3. The Morgan fingerprint density at radius 3 is 2.60 bits per heavy atom. The molecular weight excluding hydrogens is 480 g/mol. The van der Waals surface area contributed by atoms with E-state index in [1.54, 1.807) is 42.5 Å². The second-order valence-corrected chi connectivity index (χ2v) is 7.84. The second-order valence-electron chi connectivity index (χ2n) is 7.43. The third kappa shape index (κ3) is 5.98. The van der Waals surface area contributed by atoms with Crippen LogP contribution in [0.1, 0.15) is 5.56 Å². The predicted molar refractivity (Wildman–Crippen MR) is 125 cm³/mol. The smallest absolute Gasteiger partial charge is 0.356 e. The van der Waals surface area contributed by atoms with Crippen LogP contribution in [0.15, 0.2) is 73.2 Å². The van der Waals surface area contributed by atoms with Crippen LogP contribution in [0, 0.1) is 5.82 Å². The molecule has 0 bridgehead atoms. The number of rotatable bonds is 6. The van der Waals surface area contributed by atoms with E-state index >= 15 is 0 Å². The lowest BCUT2D eigenvalue weighted by molar-refractivity contribution is -0.119. The Kier molecular flexibility index (Phi) is 7.02. The lowest BCUT2D eigenvalue weighted by Gasteiger charge is -2.14. The summed E-state index contributed by atoms with van der Waals surface area (Å²) >= 11 is 6.24. The standard InChI is InChI=1S/C24H18ClF2N5O3/c1-31-14-16(13-29-31)21-12-19(8-9-28-21)35-22-7-6-18(11-20(22)25)32(27)24(34)30-23(33)10-15-2-4-17(26)5-3-15/h2-9,11-14H,10H2,1H3,(H,30,33,34). The maximum absolute atomic E-state index is 14.6. The number of halogens is 3. The summed E-state index contributed by atoms with van der Waals surface area (Å²) in [5, 5.41) is 5.83. The first-order chi connectivity index (χ1) is 16.8. The fraction of sp³-hybridized carbons (Fsp3) is 0.0833. The molecule has 0 aliphatic rings. The molecule has 35 heavy (non-hydrogen) atoms. The van der Waals surface area contributed by atoms with Gasteiger partial charge in [0.25, 0.3) is 0 Å². The van der Waals surface area contributed by atoms with Gasteiger partial charge in [-0.2, -0.15) is 5.10 Å². The van der Waals surface area contributed by atoms with Gasteiger partial charge in [-0.3, -0.25) is 19.8 Å². The van der Waals surface area contributed by atoms with Crippen LogP contribution in [-0.4, -0.2) is 26.7 Å². The van der Waals surface area contributed by atoms with Gasteiger partial charge in [-0.1, -0.05) is 28.2 Å². The van der Waals surface area contributed by atoms with Crippen molar-refractivity contribution in [2.45, 2.75) is 6.42 Å². The van der Waals surface area contributed by atoms with Crippen LogP contribution in [0.3, 0.4) is 0 Å². The average molecular weight is 498 g/mol. The van der Waals surface area contributed by atoms with Crippen molar-refractivity contribution >= 4 is 29.2 Å². The molecule has 0 aliphatic heterocycles. The molecule has 3 amide bonds. The van der Waals surface area contributed by atoms with Gasteiger partial charge in [-0.25, -0.2) is 9.18 Å². The first-order valence-electron chi connectivity index (χ1n) is 10.2. The van der Waals surface area contributed by atoms with E-state index in [-0.39, 0.29) is 28.0 Å². The van der Waals surface area contributed by atoms with Crippen LogP contribution in [0.5, 0.6) is 11.5 Å². The van der Waals surface area contributed by atoms with Crippen LogP contribution >= 0.6 is 11.6 Å². The highest BCUT2D eigenvalue weighted by atomic mass is 35.5. The zero-order valence-electron chi connectivity index (χ0n) is 18.3. The van der Waals surface area contributed by atoms with Gasteiger partial charge in [-0.05, 0) is 42.0 Å². The summed E-state index contributed by atoms with van der Waals surface area (Å²) in [5.41, 5.74) is 1.70. The van der Waals surface area contributed by atoms with Gasteiger partial charge in [0.15, 0.2) is 0 Å². The number of imide groups is 1. The molecule has 0 saturated heterocycles. The first kappa shape index (κ1) is 23.8. The van der Waals surface area contributed by atoms with Gasteiger partial charge in [0.1, 0.15) is 17.3 Å². The Balaban J connectivity index is 1.40. The largest absolute Gasteiger partial charge is 0.456 e. The van der Waals surface area contributed by atoms with E-state index < -0.39 is 17.8 Å². The average Bonchev–Trinajstić information content (AvgIpc) is 3.28. The molecule has 0 fully saturated rings. The van der Waals surface area contributed by atoms with Crippen molar-refractivity contribution in [2.24, 2.45) is 7.05 Å². The second kappa shape index (κ2) is 10.3. The Morgan fingerprint density at radius 2 is 1.91 bits per heavy atom. The van der Waals surface area contributed by atoms with Crippen molar-refractivity contribution in [2.75, 3.05) is 5.12 Å². The van der Waals surface area contributed by atoms with Crippen LogP contribution in [-0.2, 0) is 18.3 Å². The highest BCUT2D eigenvalue weighted by molar-refractivity contribution is 6.32. The molecular formula is C24H18ClF2N5O3. The molecule has 2 aromatic carbocycles. The third-order valence-corrected chi connectivity index (χ3v) is 5.10. The summed E-state index contributed by atoms with van der Waals surface area (Å²) in [5.74, 6) is -0.547. The summed E-state index contributed by atoms with van der Waals surface area (Å²) in [6.45, 7) is 0. The van der Waals surface area contributed by atoms with Crippen molar-refractivity contribution in [1.29, 1.82) is 0 Å². The summed E-state index contributed by atoms with van der Waals surface area (Å²) in [4.78, 5) is 28.4. The lowest BCUT2D eigenvalue weighted by atomic mass is 10.1. The lowest BCUT2D eigenvalue weighted by Crippen LogP contribution is -2.39. The normalized spacial score (nSPS) is 10.6. The number of nitrogens with one attached hydrogen (secondary N) is 1. The van der Waals surface area contributed by atoms with Crippen molar-refractivity contribution in [3.8, 4) is 22.8 Å². The molecule has 4 rings (SSSR count). The van der Waals surface area contributed by atoms with Crippen LogP contribution in [0.4, 0.5) is 19.4 Å². The number of hydrogen-bond donors (Lipinski definition) is 1. The number of anilines is 1. The monoisotopic (exact) mass is 497 g/mol. The Hall–Kier alpha value is -4.31. The Bertz CT molecular complexity index is 1380. The number of urea groups is 1. The number of carbonyl (C=O) groups excluding carboxylic acids is 2. The fourth-order valence-electron chi connectivity index (χ4n) is 3.13. The van der Waals surface area contributed by atoms with Gasteiger partial charge in [0.05, 0.1) is 29.0 Å². The number of pyridine rings is 1. The van der Waals surface area contributed by atoms with E-state index in [1.165, 1.54) is 42.5 Å². The van der Waals surface area contributed by atoms with E-state index in [0.29, 0.717) is 17.0 Å². The van der Waals surface area contributed by atoms with E-state index in [2.05, 4.69) is 10.1 Å². The number of carbonyl (C=O) groups is 2. The number of hydrogen-bond acceptors (Lipinski definition) is 5.